The van der Waals surface area contributed by atoms with E-state index in [1.54, 1.807) is 12.1 Å². The minimum Gasteiger partial charge on any atom is -0.354 e. The lowest BCUT2D eigenvalue weighted by atomic mass is 10.0. The van der Waals surface area contributed by atoms with Gasteiger partial charge in [0.05, 0.1) is 0 Å². The highest BCUT2D eigenvalue weighted by Crippen LogP contribution is 2.26. The van der Waals surface area contributed by atoms with Crippen molar-refractivity contribution in [1.82, 2.24) is 14.9 Å². The molecular formula is C25H26BrFN4O. The van der Waals surface area contributed by atoms with E-state index in [1.807, 2.05) is 49.1 Å². The molecule has 7 heteroatoms. The largest absolute Gasteiger partial charge is 0.354 e. The molecule has 0 unspecified atom stereocenters. The SMILES string of the molecule is Cc1nc(C)c(Cc2cccc(F)c2)c(N2CCCN(C(=O)c3ccc(Br)cc3)CC2)n1. The number of amides is 1. The Morgan fingerprint density at radius 1 is 1.03 bits per heavy atom. The van der Waals surface area contributed by atoms with Crippen LogP contribution in [0.15, 0.2) is 53.0 Å². The van der Waals surface area contributed by atoms with Crippen molar-refractivity contribution in [3.8, 4) is 0 Å². The van der Waals surface area contributed by atoms with Crippen molar-refractivity contribution in [2.75, 3.05) is 31.1 Å². The van der Waals surface area contributed by atoms with Gasteiger partial charge in [0.2, 0.25) is 0 Å². The molecule has 2 aromatic carbocycles. The normalized spacial score (nSPS) is 14.4. The predicted octanol–water partition coefficient (Wildman–Crippen LogP) is 4.94. The summed E-state index contributed by atoms with van der Waals surface area (Å²) in [7, 11) is 0. The predicted molar refractivity (Wildman–Crippen MR) is 128 cm³/mol. The summed E-state index contributed by atoms with van der Waals surface area (Å²) in [4.78, 5) is 26.5. The number of aryl methyl sites for hydroxylation is 2. The van der Waals surface area contributed by atoms with E-state index >= 15 is 0 Å². The molecule has 1 aromatic heterocycles. The molecule has 2 heterocycles. The highest BCUT2D eigenvalue weighted by Gasteiger charge is 2.23. The average molecular weight is 497 g/mol. The zero-order valence-electron chi connectivity index (χ0n) is 18.3. The van der Waals surface area contributed by atoms with Crippen molar-refractivity contribution in [2.24, 2.45) is 0 Å². The van der Waals surface area contributed by atoms with Crippen LogP contribution < -0.4 is 4.90 Å². The molecule has 0 N–H and O–H groups in total. The minimum atomic E-state index is -0.244. The smallest absolute Gasteiger partial charge is 0.253 e. The van der Waals surface area contributed by atoms with Gasteiger partial charge < -0.3 is 9.80 Å². The number of carbonyl (C=O) groups excluding carboxylic acids is 1. The monoisotopic (exact) mass is 496 g/mol. The first-order chi connectivity index (χ1) is 15.4. The Balaban J connectivity index is 1.56. The Morgan fingerprint density at radius 2 is 1.81 bits per heavy atom. The van der Waals surface area contributed by atoms with Crippen LogP contribution in [0.4, 0.5) is 10.2 Å². The van der Waals surface area contributed by atoms with Crippen LogP contribution in [0.25, 0.3) is 0 Å². The third-order valence-electron chi connectivity index (χ3n) is 5.75. The summed E-state index contributed by atoms with van der Waals surface area (Å²) in [5.41, 5.74) is 3.50. The highest BCUT2D eigenvalue weighted by molar-refractivity contribution is 9.10. The van der Waals surface area contributed by atoms with Crippen LogP contribution in [0.5, 0.6) is 0 Å². The van der Waals surface area contributed by atoms with E-state index in [-0.39, 0.29) is 11.7 Å². The van der Waals surface area contributed by atoms with Crippen LogP contribution in [-0.4, -0.2) is 47.0 Å². The molecule has 5 nitrogen and oxygen atoms in total. The summed E-state index contributed by atoms with van der Waals surface area (Å²) < 4.78 is 14.7. The van der Waals surface area contributed by atoms with E-state index in [0.29, 0.717) is 37.4 Å². The fourth-order valence-electron chi connectivity index (χ4n) is 4.14. The van der Waals surface area contributed by atoms with Gasteiger partial charge in [0.15, 0.2) is 0 Å². The Morgan fingerprint density at radius 3 is 2.56 bits per heavy atom. The molecule has 1 fully saturated rings. The standard InChI is InChI=1S/C25H26BrFN4O/c1-17-23(16-19-5-3-6-22(27)15-19)24(29-18(2)28-17)30-11-4-12-31(14-13-30)25(32)20-7-9-21(26)10-8-20/h3,5-10,15H,4,11-14,16H2,1-2H3. The second kappa shape index (κ2) is 9.77. The second-order valence-electron chi connectivity index (χ2n) is 8.10. The van der Waals surface area contributed by atoms with Crippen molar-refractivity contribution >= 4 is 27.7 Å². The summed E-state index contributed by atoms with van der Waals surface area (Å²) in [6, 6.07) is 14.1. The molecule has 3 aromatic rings. The fraction of sp³-hybridized carbons (Fsp3) is 0.320. The van der Waals surface area contributed by atoms with Gasteiger partial charge in [0.1, 0.15) is 17.5 Å². The second-order valence-corrected chi connectivity index (χ2v) is 9.02. The first-order valence-electron chi connectivity index (χ1n) is 10.8. The Kier molecular flexibility index (Phi) is 6.84. The zero-order valence-corrected chi connectivity index (χ0v) is 19.9. The lowest BCUT2D eigenvalue weighted by Crippen LogP contribution is -2.35. The third kappa shape index (κ3) is 5.15. The molecule has 1 amide bonds. The summed E-state index contributed by atoms with van der Waals surface area (Å²) in [5, 5.41) is 0. The van der Waals surface area contributed by atoms with Crippen LogP contribution in [0, 0.1) is 19.7 Å². The zero-order chi connectivity index (χ0) is 22.7. The lowest BCUT2D eigenvalue weighted by molar-refractivity contribution is 0.0767. The van der Waals surface area contributed by atoms with Crippen molar-refractivity contribution < 1.29 is 9.18 Å². The molecule has 0 bridgehead atoms. The number of benzene rings is 2. The number of nitrogens with zero attached hydrogens (tertiary/aromatic N) is 4. The number of rotatable bonds is 4. The van der Waals surface area contributed by atoms with Gasteiger partial charge in [-0.25, -0.2) is 14.4 Å². The number of anilines is 1. The summed E-state index contributed by atoms with van der Waals surface area (Å²) in [6.07, 6.45) is 1.42. The number of carbonyl (C=O) groups is 1. The first-order valence-corrected chi connectivity index (χ1v) is 11.6. The third-order valence-corrected chi connectivity index (χ3v) is 6.28. The van der Waals surface area contributed by atoms with Gasteiger partial charge in [-0.05, 0) is 62.2 Å². The Labute approximate surface area is 196 Å². The van der Waals surface area contributed by atoms with Crippen LogP contribution in [0.3, 0.4) is 0 Å². The maximum atomic E-state index is 13.7. The van der Waals surface area contributed by atoms with E-state index < -0.39 is 0 Å². The van der Waals surface area contributed by atoms with Crippen LogP contribution >= 0.6 is 15.9 Å². The molecule has 1 saturated heterocycles. The molecule has 1 aliphatic rings. The number of aromatic nitrogens is 2. The van der Waals surface area contributed by atoms with Gasteiger partial charge >= 0.3 is 0 Å². The maximum Gasteiger partial charge on any atom is 0.253 e. The molecule has 1 aliphatic heterocycles. The van der Waals surface area contributed by atoms with Crippen LogP contribution in [0.1, 0.15) is 39.4 Å². The average Bonchev–Trinajstić information content (AvgIpc) is 3.02. The van der Waals surface area contributed by atoms with Gasteiger partial charge in [-0.1, -0.05) is 28.1 Å². The van der Waals surface area contributed by atoms with Gasteiger partial charge in [0, 0.05) is 53.9 Å². The van der Waals surface area contributed by atoms with Crippen LogP contribution in [-0.2, 0) is 6.42 Å². The maximum absolute atomic E-state index is 13.7. The van der Waals surface area contributed by atoms with Gasteiger partial charge in [-0.3, -0.25) is 4.79 Å². The molecule has 0 spiro atoms. The van der Waals surface area contributed by atoms with Gasteiger partial charge in [0.25, 0.3) is 5.91 Å². The molecule has 4 rings (SSSR count). The Bertz CT molecular complexity index is 1120. The lowest BCUT2D eigenvalue weighted by Gasteiger charge is -2.26. The minimum absolute atomic E-state index is 0.0504. The summed E-state index contributed by atoms with van der Waals surface area (Å²) in [6.45, 7) is 6.69. The van der Waals surface area contributed by atoms with Crippen molar-refractivity contribution in [3.63, 3.8) is 0 Å². The van der Waals surface area contributed by atoms with Crippen molar-refractivity contribution in [3.05, 3.63) is 87.0 Å². The molecule has 166 valence electrons. The van der Waals surface area contributed by atoms with Crippen LogP contribution in [0.2, 0.25) is 0 Å². The van der Waals surface area contributed by atoms with Crippen molar-refractivity contribution in [2.45, 2.75) is 26.7 Å². The molecule has 0 atom stereocenters. The highest BCUT2D eigenvalue weighted by atomic mass is 79.9. The first kappa shape index (κ1) is 22.4. The molecule has 0 saturated carbocycles. The van der Waals surface area contributed by atoms with E-state index in [0.717, 1.165) is 40.1 Å². The van der Waals surface area contributed by atoms with Crippen molar-refractivity contribution in [1.29, 1.82) is 0 Å². The fourth-order valence-corrected chi connectivity index (χ4v) is 4.41. The Hall–Kier alpha value is -2.80. The van der Waals surface area contributed by atoms with E-state index in [2.05, 4.69) is 25.8 Å². The van der Waals surface area contributed by atoms with E-state index in [4.69, 9.17) is 4.98 Å². The number of hydrogen-bond acceptors (Lipinski definition) is 4. The molecule has 0 radical (unpaired) electrons. The number of hydrogen-bond donors (Lipinski definition) is 0. The van der Waals surface area contributed by atoms with E-state index in [1.165, 1.54) is 6.07 Å². The van der Waals surface area contributed by atoms with Gasteiger partial charge in [-0.2, -0.15) is 0 Å². The molecular weight excluding hydrogens is 471 g/mol. The summed E-state index contributed by atoms with van der Waals surface area (Å²) >= 11 is 3.42. The van der Waals surface area contributed by atoms with E-state index in [9.17, 15) is 9.18 Å². The number of halogens is 2. The van der Waals surface area contributed by atoms with Gasteiger partial charge in [-0.15, -0.1) is 0 Å². The topological polar surface area (TPSA) is 49.3 Å². The quantitative estimate of drug-likeness (QED) is 0.513. The molecule has 32 heavy (non-hydrogen) atoms. The summed E-state index contributed by atoms with van der Waals surface area (Å²) in [5.74, 6) is 1.41. The molecule has 0 aliphatic carbocycles.